The Hall–Kier alpha value is -1.44. The molecule has 20 heavy (non-hydrogen) atoms. The number of nitrogens with one attached hydrogen (secondary N) is 1. The maximum atomic E-state index is 13.7. The highest BCUT2D eigenvalue weighted by molar-refractivity contribution is 7.93. The van der Waals surface area contributed by atoms with Crippen molar-refractivity contribution in [1.29, 1.82) is 0 Å². The van der Waals surface area contributed by atoms with Crippen LogP contribution < -0.4 is 9.62 Å². The molecule has 4 nitrogen and oxygen atoms in total. The van der Waals surface area contributed by atoms with Gasteiger partial charge in [-0.25, -0.2) is 12.8 Å². The molecule has 0 unspecified atom stereocenters. The van der Waals surface area contributed by atoms with E-state index in [1.165, 1.54) is 36.6 Å². The Bertz CT molecular complexity index is 698. The summed E-state index contributed by atoms with van der Waals surface area (Å²) in [5.41, 5.74) is 0.0362. The first-order valence-corrected chi connectivity index (χ1v) is 8.25. The third-order valence-corrected chi connectivity index (χ3v) is 5.78. The second kappa shape index (κ2) is 5.90. The quantitative estimate of drug-likeness (QED) is 0.922. The normalized spacial score (nSPS) is 11.6. The molecule has 0 aliphatic carbocycles. The number of anilines is 1. The lowest BCUT2D eigenvalue weighted by Gasteiger charge is -2.20. The summed E-state index contributed by atoms with van der Waals surface area (Å²) in [6.07, 6.45) is 0. The fourth-order valence-corrected chi connectivity index (χ4v) is 4.46. The Labute approximate surface area is 121 Å². The molecular formula is C13H15FN2O2S2. The Morgan fingerprint density at radius 2 is 2.00 bits per heavy atom. The van der Waals surface area contributed by atoms with Gasteiger partial charge in [0.1, 0.15) is 10.7 Å². The molecule has 0 fully saturated rings. The molecule has 108 valence electrons. The molecule has 0 radical (unpaired) electrons. The van der Waals surface area contributed by atoms with Crippen LogP contribution >= 0.6 is 11.3 Å². The molecule has 1 heterocycles. The average Bonchev–Trinajstić information content (AvgIpc) is 2.88. The number of hydrogen-bond donors (Lipinski definition) is 1. The van der Waals surface area contributed by atoms with Crippen LogP contribution in [0.1, 0.15) is 4.88 Å². The molecule has 0 amide bonds. The summed E-state index contributed by atoms with van der Waals surface area (Å²) in [4.78, 5) is 0.915. The number of sulfonamides is 1. The second-order valence-corrected chi connectivity index (χ2v) is 7.10. The molecule has 0 aliphatic rings. The minimum absolute atomic E-state index is 0.0362. The van der Waals surface area contributed by atoms with Crippen molar-refractivity contribution in [2.24, 2.45) is 0 Å². The molecule has 1 aromatic heterocycles. The Kier molecular flexibility index (Phi) is 4.42. The van der Waals surface area contributed by atoms with Gasteiger partial charge in [-0.15, -0.1) is 11.3 Å². The van der Waals surface area contributed by atoms with E-state index in [9.17, 15) is 12.8 Å². The zero-order valence-electron chi connectivity index (χ0n) is 11.1. The number of hydrogen-bond acceptors (Lipinski definition) is 4. The molecule has 0 bridgehead atoms. The van der Waals surface area contributed by atoms with Crippen molar-refractivity contribution in [2.45, 2.75) is 11.4 Å². The van der Waals surface area contributed by atoms with Crippen LogP contribution in [-0.4, -0.2) is 22.5 Å². The van der Waals surface area contributed by atoms with E-state index >= 15 is 0 Å². The maximum absolute atomic E-state index is 13.7. The van der Waals surface area contributed by atoms with Gasteiger partial charge in [-0.05, 0) is 30.6 Å². The minimum Gasteiger partial charge on any atom is -0.315 e. The van der Waals surface area contributed by atoms with Gasteiger partial charge >= 0.3 is 0 Å². The number of benzene rings is 1. The van der Waals surface area contributed by atoms with E-state index in [0.717, 1.165) is 4.31 Å². The highest BCUT2D eigenvalue weighted by atomic mass is 32.2. The Morgan fingerprint density at radius 3 is 2.65 bits per heavy atom. The lowest BCUT2D eigenvalue weighted by molar-refractivity contribution is 0.588. The molecular weight excluding hydrogens is 299 g/mol. The molecule has 1 N–H and O–H groups in total. The second-order valence-electron chi connectivity index (χ2n) is 4.16. The summed E-state index contributed by atoms with van der Waals surface area (Å²) in [6, 6.07) is 7.35. The third-order valence-electron chi connectivity index (χ3n) is 2.87. The first-order chi connectivity index (χ1) is 9.48. The lowest BCUT2D eigenvalue weighted by atomic mass is 10.3. The van der Waals surface area contributed by atoms with Crippen LogP contribution in [0.4, 0.5) is 10.1 Å². The number of para-hydroxylation sites is 1. The van der Waals surface area contributed by atoms with Crippen molar-refractivity contribution in [3.8, 4) is 0 Å². The predicted octanol–water partition coefficient (Wildman–Crippen LogP) is 2.43. The molecule has 0 spiro atoms. The van der Waals surface area contributed by atoms with Crippen molar-refractivity contribution in [1.82, 2.24) is 5.32 Å². The average molecular weight is 314 g/mol. The zero-order chi connectivity index (χ0) is 14.8. The summed E-state index contributed by atoms with van der Waals surface area (Å²) < 4.78 is 39.9. The van der Waals surface area contributed by atoms with Gasteiger partial charge in [-0.2, -0.15) is 0 Å². The SMILES string of the molecule is CNCc1sccc1S(=O)(=O)N(C)c1ccccc1F. The first kappa shape index (κ1) is 15.0. The van der Waals surface area contributed by atoms with E-state index in [0.29, 0.717) is 11.4 Å². The van der Waals surface area contributed by atoms with E-state index in [1.807, 2.05) is 0 Å². The zero-order valence-corrected chi connectivity index (χ0v) is 12.8. The highest BCUT2D eigenvalue weighted by Gasteiger charge is 2.26. The molecule has 0 saturated carbocycles. The van der Waals surface area contributed by atoms with E-state index in [2.05, 4.69) is 5.32 Å². The third kappa shape index (κ3) is 2.70. The van der Waals surface area contributed by atoms with Crippen molar-refractivity contribution >= 4 is 27.0 Å². The molecule has 2 aromatic rings. The summed E-state index contributed by atoms with van der Waals surface area (Å²) >= 11 is 1.36. The topological polar surface area (TPSA) is 49.4 Å². The summed E-state index contributed by atoms with van der Waals surface area (Å²) in [5.74, 6) is -0.566. The van der Waals surface area contributed by atoms with Crippen LogP contribution in [0.2, 0.25) is 0 Å². The van der Waals surface area contributed by atoms with Crippen molar-refractivity contribution in [2.75, 3.05) is 18.4 Å². The molecule has 0 atom stereocenters. The summed E-state index contributed by atoms with van der Waals surface area (Å²) in [7, 11) is -0.658. The fraction of sp³-hybridized carbons (Fsp3) is 0.231. The van der Waals surface area contributed by atoms with Crippen LogP contribution in [0, 0.1) is 5.82 Å². The van der Waals surface area contributed by atoms with Gasteiger partial charge in [0.2, 0.25) is 0 Å². The molecule has 1 aromatic carbocycles. The number of nitrogens with zero attached hydrogens (tertiary/aromatic N) is 1. The van der Waals surface area contributed by atoms with Crippen molar-refractivity contribution < 1.29 is 12.8 Å². The first-order valence-electron chi connectivity index (χ1n) is 5.93. The maximum Gasteiger partial charge on any atom is 0.265 e. The summed E-state index contributed by atoms with van der Waals surface area (Å²) in [6.45, 7) is 0.456. The number of thiophene rings is 1. The largest absolute Gasteiger partial charge is 0.315 e. The van der Waals surface area contributed by atoms with Crippen molar-refractivity contribution in [3.05, 3.63) is 46.4 Å². The number of rotatable bonds is 5. The monoisotopic (exact) mass is 314 g/mol. The van der Waals surface area contributed by atoms with Crippen LogP contribution in [0.25, 0.3) is 0 Å². The van der Waals surface area contributed by atoms with E-state index in [4.69, 9.17) is 0 Å². The van der Waals surface area contributed by atoms with Gasteiger partial charge in [0.15, 0.2) is 0 Å². The molecule has 0 aliphatic heterocycles. The standard InChI is InChI=1S/C13H15FN2O2S2/c1-15-9-12-13(7-8-19-12)20(17,18)16(2)11-6-4-3-5-10(11)14/h3-8,15H,9H2,1-2H3. The van der Waals surface area contributed by atoms with Gasteiger partial charge < -0.3 is 5.32 Å². The van der Waals surface area contributed by atoms with Gasteiger partial charge in [0.25, 0.3) is 10.0 Å². The Balaban J connectivity index is 2.45. The summed E-state index contributed by atoms with van der Waals surface area (Å²) in [5, 5.41) is 4.64. The van der Waals surface area contributed by atoms with Gasteiger partial charge in [-0.3, -0.25) is 4.31 Å². The van der Waals surface area contributed by atoms with Crippen LogP contribution in [-0.2, 0) is 16.6 Å². The Morgan fingerprint density at radius 1 is 1.30 bits per heavy atom. The smallest absolute Gasteiger partial charge is 0.265 e. The van der Waals surface area contributed by atoms with E-state index in [1.54, 1.807) is 24.6 Å². The lowest BCUT2D eigenvalue weighted by Crippen LogP contribution is -2.28. The van der Waals surface area contributed by atoms with E-state index in [-0.39, 0.29) is 10.6 Å². The highest BCUT2D eigenvalue weighted by Crippen LogP contribution is 2.28. The molecule has 2 rings (SSSR count). The predicted molar refractivity (Wildman–Crippen MR) is 79.1 cm³/mol. The van der Waals surface area contributed by atoms with Crippen LogP contribution in [0.3, 0.4) is 0 Å². The van der Waals surface area contributed by atoms with E-state index < -0.39 is 15.8 Å². The van der Waals surface area contributed by atoms with Crippen LogP contribution in [0.15, 0.2) is 40.6 Å². The van der Waals surface area contributed by atoms with Gasteiger partial charge in [0, 0.05) is 18.5 Å². The fourth-order valence-electron chi connectivity index (χ4n) is 1.83. The molecule has 7 heteroatoms. The van der Waals surface area contributed by atoms with Gasteiger partial charge in [0.05, 0.1) is 5.69 Å². The minimum atomic E-state index is -3.76. The van der Waals surface area contributed by atoms with Gasteiger partial charge in [-0.1, -0.05) is 12.1 Å². The number of halogens is 1. The molecule has 0 saturated heterocycles. The van der Waals surface area contributed by atoms with Crippen molar-refractivity contribution in [3.63, 3.8) is 0 Å². The van der Waals surface area contributed by atoms with Crippen LogP contribution in [0.5, 0.6) is 0 Å².